The Morgan fingerprint density at radius 2 is 1.90 bits per heavy atom. The summed E-state index contributed by atoms with van der Waals surface area (Å²) >= 11 is 0. The van der Waals surface area contributed by atoms with Crippen molar-refractivity contribution in [3.8, 4) is 0 Å². The Hall–Kier alpha value is -1.60. The number of sulfonamides is 1. The average molecular weight is 313 g/mol. The van der Waals surface area contributed by atoms with E-state index in [0.717, 1.165) is 5.56 Å². The first-order valence-electron chi connectivity index (χ1n) is 6.75. The van der Waals surface area contributed by atoms with Crippen molar-refractivity contribution in [2.45, 2.75) is 31.9 Å². The summed E-state index contributed by atoms with van der Waals surface area (Å²) in [5.41, 5.74) is 1.50. The fourth-order valence-electron chi connectivity index (χ4n) is 2.48. The Balaban J connectivity index is 2.36. The van der Waals surface area contributed by atoms with Crippen LogP contribution in [0.15, 0.2) is 12.1 Å². The molecule has 1 saturated heterocycles. The molecule has 0 saturated carbocycles. The van der Waals surface area contributed by atoms with Gasteiger partial charge in [0.05, 0.1) is 16.5 Å². The predicted octanol–water partition coefficient (Wildman–Crippen LogP) is 1.92. The summed E-state index contributed by atoms with van der Waals surface area (Å²) in [6, 6.07) is 3.23. The van der Waals surface area contributed by atoms with Crippen molar-refractivity contribution in [3.63, 3.8) is 0 Å². The van der Waals surface area contributed by atoms with Crippen molar-refractivity contribution in [2.75, 3.05) is 17.9 Å². The van der Waals surface area contributed by atoms with Crippen LogP contribution in [0.5, 0.6) is 0 Å². The van der Waals surface area contributed by atoms with Gasteiger partial charge >= 0.3 is 5.97 Å². The molecule has 0 radical (unpaired) electrons. The van der Waals surface area contributed by atoms with Crippen LogP contribution in [0.25, 0.3) is 0 Å². The van der Waals surface area contributed by atoms with Crippen molar-refractivity contribution in [1.82, 2.24) is 0 Å². The third-order valence-electron chi connectivity index (χ3n) is 3.56. The molecule has 2 rings (SSSR count). The number of carbonyl (C=O) groups is 1. The summed E-state index contributed by atoms with van der Waals surface area (Å²) in [4.78, 5) is 11.3. The van der Waals surface area contributed by atoms with Gasteiger partial charge in [0.25, 0.3) is 0 Å². The van der Waals surface area contributed by atoms with Crippen molar-refractivity contribution in [1.29, 1.82) is 0 Å². The number of ether oxygens (including phenoxy) is 1. The topological polar surface area (TPSA) is 92.7 Å². The molecule has 1 fully saturated rings. The molecule has 0 bridgehead atoms. The van der Waals surface area contributed by atoms with E-state index in [1.807, 2.05) is 0 Å². The van der Waals surface area contributed by atoms with E-state index in [9.17, 15) is 18.3 Å². The molecule has 1 aromatic rings. The summed E-state index contributed by atoms with van der Waals surface area (Å²) < 4.78 is 32.4. The second-order valence-corrected chi connectivity index (χ2v) is 7.23. The van der Waals surface area contributed by atoms with Gasteiger partial charge in [0.1, 0.15) is 0 Å². The van der Waals surface area contributed by atoms with Gasteiger partial charge in [-0.15, -0.1) is 0 Å². The standard InChI is InChI=1S/C14H19NO5S/c1-9-7-10(2)13(12(8-9)14(16)17)15-21(18,19)11-3-5-20-6-4-11/h7-8,11,15H,3-6H2,1-2H3,(H,16,17). The van der Waals surface area contributed by atoms with Crippen LogP contribution >= 0.6 is 0 Å². The predicted molar refractivity (Wildman–Crippen MR) is 79.3 cm³/mol. The van der Waals surface area contributed by atoms with Crippen molar-refractivity contribution in [2.24, 2.45) is 0 Å². The molecule has 0 atom stereocenters. The first-order chi connectivity index (χ1) is 9.81. The summed E-state index contributed by atoms with van der Waals surface area (Å²) in [5, 5.41) is 8.72. The fraction of sp³-hybridized carbons (Fsp3) is 0.500. The molecule has 0 spiro atoms. The molecular formula is C14H19NO5S. The molecule has 0 amide bonds. The lowest BCUT2D eigenvalue weighted by molar-refractivity contribution is 0.0698. The van der Waals surface area contributed by atoms with Crippen LogP contribution in [0.1, 0.15) is 34.3 Å². The van der Waals surface area contributed by atoms with Gasteiger partial charge in [0, 0.05) is 13.2 Å². The molecule has 21 heavy (non-hydrogen) atoms. The minimum Gasteiger partial charge on any atom is -0.478 e. The van der Waals surface area contributed by atoms with Gasteiger partial charge in [-0.05, 0) is 43.9 Å². The molecule has 0 aliphatic carbocycles. The second-order valence-electron chi connectivity index (χ2n) is 5.27. The zero-order valence-electron chi connectivity index (χ0n) is 12.0. The van der Waals surface area contributed by atoms with E-state index in [2.05, 4.69) is 4.72 Å². The maximum Gasteiger partial charge on any atom is 0.337 e. The Kier molecular flexibility index (Phi) is 4.53. The second kappa shape index (κ2) is 6.03. The maximum absolute atomic E-state index is 12.4. The van der Waals surface area contributed by atoms with Gasteiger partial charge in [-0.3, -0.25) is 4.72 Å². The molecule has 7 heteroatoms. The molecular weight excluding hydrogens is 294 g/mol. The number of aryl methyl sites for hydroxylation is 2. The van der Waals surface area contributed by atoms with Crippen molar-refractivity contribution < 1.29 is 23.1 Å². The first kappa shape index (κ1) is 15.8. The molecule has 0 aromatic heterocycles. The lowest BCUT2D eigenvalue weighted by atomic mass is 10.0. The smallest absolute Gasteiger partial charge is 0.337 e. The third-order valence-corrected chi connectivity index (χ3v) is 5.40. The average Bonchev–Trinajstić information content (AvgIpc) is 2.42. The molecule has 116 valence electrons. The van der Waals surface area contributed by atoms with Crippen LogP contribution in [-0.2, 0) is 14.8 Å². The highest BCUT2D eigenvalue weighted by Gasteiger charge is 2.29. The molecule has 1 heterocycles. The Bertz CT molecular complexity index is 648. The summed E-state index contributed by atoms with van der Waals surface area (Å²) in [6.45, 7) is 4.28. The van der Waals surface area contributed by atoms with Crippen LogP contribution in [0.4, 0.5) is 5.69 Å². The van der Waals surface area contributed by atoms with E-state index in [1.54, 1.807) is 19.9 Å². The summed E-state index contributed by atoms with van der Waals surface area (Å²) in [6.07, 6.45) is 0.839. The molecule has 2 N–H and O–H groups in total. The van der Waals surface area contributed by atoms with E-state index in [-0.39, 0.29) is 11.3 Å². The van der Waals surface area contributed by atoms with Crippen molar-refractivity contribution >= 4 is 21.7 Å². The molecule has 1 aliphatic rings. The molecule has 1 aliphatic heterocycles. The Morgan fingerprint density at radius 3 is 2.48 bits per heavy atom. The number of aromatic carboxylic acids is 1. The molecule has 6 nitrogen and oxygen atoms in total. The van der Waals surface area contributed by atoms with Gasteiger partial charge in [-0.25, -0.2) is 13.2 Å². The number of rotatable bonds is 4. The van der Waals surface area contributed by atoms with Crippen LogP contribution < -0.4 is 4.72 Å². The van der Waals surface area contributed by atoms with Crippen LogP contribution in [0, 0.1) is 13.8 Å². The van der Waals surface area contributed by atoms with Gasteiger partial charge in [0.15, 0.2) is 0 Å². The number of hydrogen-bond acceptors (Lipinski definition) is 4. The molecule has 1 aromatic carbocycles. The van der Waals surface area contributed by atoms with Gasteiger partial charge in [-0.2, -0.15) is 0 Å². The normalized spacial score (nSPS) is 16.7. The minimum atomic E-state index is -3.62. The highest BCUT2D eigenvalue weighted by Crippen LogP contribution is 2.26. The zero-order valence-corrected chi connectivity index (χ0v) is 12.9. The van der Waals surface area contributed by atoms with E-state index in [4.69, 9.17) is 4.74 Å². The number of benzene rings is 1. The number of carboxylic acids is 1. The quantitative estimate of drug-likeness (QED) is 0.886. The number of carboxylic acid groups (broad SMARTS) is 1. The number of anilines is 1. The van der Waals surface area contributed by atoms with Gasteiger partial charge in [0.2, 0.25) is 10.0 Å². The van der Waals surface area contributed by atoms with Crippen LogP contribution in [-0.4, -0.2) is 38.0 Å². The van der Waals surface area contributed by atoms with Gasteiger partial charge in [-0.1, -0.05) is 6.07 Å². The van der Waals surface area contributed by atoms with E-state index in [1.165, 1.54) is 6.07 Å². The highest BCUT2D eigenvalue weighted by molar-refractivity contribution is 7.93. The number of nitrogens with one attached hydrogen (secondary N) is 1. The lowest BCUT2D eigenvalue weighted by Crippen LogP contribution is -2.33. The fourth-order valence-corrected chi connectivity index (χ4v) is 4.02. The summed E-state index contributed by atoms with van der Waals surface area (Å²) in [7, 11) is -3.62. The first-order valence-corrected chi connectivity index (χ1v) is 8.30. The Morgan fingerprint density at radius 1 is 1.29 bits per heavy atom. The monoisotopic (exact) mass is 313 g/mol. The highest BCUT2D eigenvalue weighted by atomic mass is 32.2. The van der Waals surface area contributed by atoms with Crippen molar-refractivity contribution in [3.05, 3.63) is 28.8 Å². The maximum atomic E-state index is 12.4. The van der Waals surface area contributed by atoms with Gasteiger partial charge < -0.3 is 9.84 Å². The Labute approximate surface area is 124 Å². The molecule has 0 unspecified atom stereocenters. The van der Waals surface area contributed by atoms with E-state index < -0.39 is 21.2 Å². The lowest BCUT2D eigenvalue weighted by Gasteiger charge is -2.24. The minimum absolute atomic E-state index is 0.0249. The largest absolute Gasteiger partial charge is 0.478 e. The van der Waals surface area contributed by atoms with Crippen LogP contribution in [0.3, 0.4) is 0 Å². The SMILES string of the molecule is Cc1cc(C)c(NS(=O)(=O)C2CCOCC2)c(C(=O)O)c1. The summed E-state index contributed by atoms with van der Waals surface area (Å²) in [5.74, 6) is -1.15. The third kappa shape index (κ3) is 3.54. The zero-order chi connectivity index (χ0) is 15.6. The number of hydrogen-bond donors (Lipinski definition) is 2. The van der Waals surface area contributed by atoms with Crippen LogP contribution in [0.2, 0.25) is 0 Å². The van der Waals surface area contributed by atoms with E-state index >= 15 is 0 Å². The van der Waals surface area contributed by atoms with E-state index in [0.29, 0.717) is 31.6 Å².